The highest BCUT2D eigenvalue weighted by Gasteiger charge is 2.70. The first-order valence-corrected chi connectivity index (χ1v) is 15.9. The number of aliphatic hydroxyl groups excluding tert-OH is 1. The maximum atomic E-state index is 14.2. The molecule has 8 atom stereocenters. The summed E-state index contributed by atoms with van der Waals surface area (Å²) in [5, 5.41) is 19.1. The van der Waals surface area contributed by atoms with Gasteiger partial charge in [-0.2, -0.15) is 0 Å². The van der Waals surface area contributed by atoms with Crippen LogP contribution in [0.3, 0.4) is 0 Å². The van der Waals surface area contributed by atoms with Gasteiger partial charge in [-0.05, 0) is 108 Å². The summed E-state index contributed by atoms with van der Waals surface area (Å²) in [5.41, 5.74) is 1.67. The largest absolute Gasteiger partial charge is 0.425 e. The quantitative estimate of drug-likeness (QED) is 0.442. The molecule has 5 aliphatic carbocycles. The second-order valence-electron chi connectivity index (χ2n) is 16.0. The van der Waals surface area contributed by atoms with Crippen LogP contribution in [0.4, 0.5) is 0 Å². The van der Waals surface area contributed by atoms with E-state index in [2.05, 4.69) is 58.7 Å². The highest BCUT2D eigenvalue weighted by Crippen LogP contribution is 2.76. The van der Waals surface area contributed by atoms with Crippen molar-refractivity contribution in [3.05, 3.63) is 22.9 Å². The van der Waals surface area contributed by atoms with Gasteiger partial charge in [0.2, 0.25) is 11.8 Å². The standard InChI is InChI=1S/C34H50N2O4/c1-19(2)28-22(37)18-34(26(39)17-27-36-35-20(3)40-27)16-15-32(7)21(29(28)34)9-10-24-31(6)13-12-25(38)30(4,5)23(31)11-14-33(24,32)8/h19,21,23-25,38H,9-18H2,1-8H3/t21-,23+,24-,25+,31+,32-,33-,34+/m1/s1. The number of Topliss-reactive ketones (excluding diaryl/α,β-unsaturated/α-hetero) is 2. The summed E-state index contributed by atoms with van der Waals surface area (Å²) in [7, 11) is 0. The highest BCUT2D eigenvalue weighted by molar-refractivity contribution is 6.07. The van der Waals surface area contributed by atoms with Gasteiger partial charge in [-0.3, -0.25) is 9.59 Å². The molecule has 1 aromatic rings. The number of nitrogens with zero attached hydrogens (tertiary/aromatic N) is 2. The van der Waals surface area contributed by atoms with Crippen LogP contribution < -0.4 is 0 Å². The van der Waals surface area contributed by atoms with E-state index in [9.17, 15) is 14.7 Å². The first kappa shape index (κ1) is 28.3. The lowest BCUT2D eigenvalue weighted by Crippen LogP contribution is -2.65. The molecular weight excluding hydrogens is 500 g/mol. The van der Waals surface area contributed by atoms with Crippen LogP contribution in [0.15, 0.2) is 15.6 Å². The smallest absolute Gasteiger partial charge is 0.223 e. The molecule has 0 amide bonds. The number of allylic oxidation sites excluding steroid dienone is 2. The Kier molecular flexibility index (Phi) is 6.26. The first-order chi connectivity index (χ1) is 18.6. The SMILES string of the molecule is Cc1nnc(CC(=O)[C@@]23CC[C@]4(C)[C@H](CC[C@@H]5[C@@]6(C)CC[C@H](O)C(C)(C)[C@@H]6CC[C@]54C)C2=C(C(C)C)C(=O)C3)o1. The molecule has 0 unspecified atom stereocenters. The highest BCUT2D eigenvalue weighted by atomic mass is 16.4. The summed E-state index contributed by atoms with van der Waals surface area (Å²) in [6.45, 7) is 18.2. The second-order valence-corrected chi connectivity index (χ2v) is 16.0. The summed E-state index contributed by atoms with van der Waals surface area (Å²) >= 11 is 0. The van der Waals surface area contributed by atoms with Crippen molar-refractivity contribution >= 4 is 11.6 Å². The van der Waals surface area contributed by atoms with E-state index >= 15 is 0 Å². The molecule has 220 valence electrons. The molecule has 1 aromatic heterocycles. The number of aryl methyl sites for hydroxylation is 1. The summed E-state index contributed by atoms with van der Waals surface area (Å²) < 4.78 is 5.63. The van der Waals surface area contributed by atoms with E-state index in [1.54, 1.807) is 6.92 Å². The van der Waals surface area contributed by atoms with Crippen molar-refractivity contribution in [2.75, 3.05) is 0 Å². The molecule has 6 heteroatoms. The Labute approximate surface area is 240 Å². The molecule has 0 spiro atoms. The Bertz CT molecular complexity index is 1280. The fourth-order valence-corrected chi connectivity index (χ4v) is 11.7. The topological polar surface area (TPSA) is 93.3 Å². The summed E-state index contributed by atoms with van der Waals surface area (Å²) in [6, 6.07) is 0. The van der Waals surface area contributed by atoms with Crippen molar-refractivity contribution in [2.45, 2.75) is 126 Å². The monoisotopic (exact) mass is 550 g/mol. The van der Waals surface area contributed by atoms with Crippen LogP contribution in [0.1, 0.15) is 118 Å². The van der Waals surface area contributed by atoms with E-state index in [4.69, 9.17) is 4.42 Å². The van der Waals surface area contributed by atoms with Crippen LogP contribution in [0.2, 0.25) is 0 Å². The van der Waals surface area contributed by atoms with E-state index < -0.39 is 5.41 Å². The van der Waals surface area contributed by atoms with E-state index in [1.165, 1.54) is 5.57 Å². The summed E-state index contributed by atoms with van der Waals surface area (Å²) in [5.74, 6) is 2.52. The Morgan fingerprint density at radius 1 is 0.950 bits per heavy atom. The van der Waals surface area contributed by atoms with E-state index in [0.717, 1.165) is 56.9 Å². The fraction of sp³-hybridized carbons (Fsp3) is 0.824. The molecule has 0 aliphatic heterocycles. The van der Waals surface area contributed by atoms with Gasteiger partial charge in [-0.15, -0.1) is 10.2 Å². The van der Waals surface area contributed by atoms with E-state index in [0.29, 0.717) is 30.0 Å². The lowest BCUT2D eigenvalue weighted by atomic mass is 9.33. The molecule has 0 saturated heterocycles. The molecule has 1 heterocycles. The van der Waals surface area contributed by atoms with Crippen molar-refractivity contribution < 1.29 is 19.1 Å². The fourth-order valence-electron chi connectivity index (χ4n) is 11.7. The number of aromatic nitrogens is 2. The number of hydrogen-bond donors (Lipinski definition) is 1. The van der Waals surface area contributed by atoms with E-state index in [1.807, 2.05) is 0 Å². The Morgan fingerprint density at radius 3 is 2.33 bits per heavy atom. The van der Waals surface area contributed by atoms with Gasteiger partial charge in [0, 0.05) is 13.3 Å². The number of carbonyl (C=O) groups is 2. The normalized spacial score (nSPS) is 44.2. The number of aliphatic hydroxyl groups is 1. The van der Waals surface area contributed by atoms with E-state index in [-0.39, 0.29) is 57.6 Å². The predicted molar refractivity (Wildman–Crippen MR) is 153 cm³/mol. The molecule has 6 nitrogen and oxygen atoms in total. The average molecular weight is 551 g/mol. The van der Waals surface area contributed by atoms with Gasteiger partial charge in [0.15, 0.2) is 11.6 Å². The van der Waals surface area contributed by atoms with Crippen LogP contribution in [0.5, 0.6) is 0 Å². The third-order valence-electron chi connectivity index (χ3n) is 13.8. The Hall–Kier alpha value is -1.82. The number of rotatable bonds is 4. The lowest BCUT2D eigenvalue weighted by Gasteiger charge is -2.72. The second kappa shape index (κ2) is 8.84. The zero-order valence-electron chi connectivity index (χ0n) is 26.0. The lowest BCUT2D eigenvalue weighted by molar-refractivity contribution is -0.228. The van der Waals surface area contributed by atoms with Crippen LogP contribution in [-0.2, 0) is 16.0 Å². The third kappa shape index (κ3) is 3.50. The molecule has 40 heavy (non-hydrogen) atoms. The van der Waals surface area contributed by atoms with Crippen molar-refractivity contribution in [1.82, 2.24) is 10.2 Å². The molecule has 4 fully saturated rings. The minimum absolute atomic E-state index is 0.0229. The zero-order chi connectivity index (χ0) is 29.0. The van der Waals surface area contributed by atoms with Crippen molar-refractivity contribution in [3.8, 4) is 0 Å². The van der Waals surface area contributed by atoms with Crippen LogP contribution >= 0.6 is 0 Å². The van der Waals surface area contributed by atoms with Crippen LogP contribution in [0, 0.1) is 57.7 Å². The summed E-state index contributed by atoms with van der Waals surface area (Å²) in [4.78, 5) is 28.0. The Balaban J connectivity index is 1.42. The zero-order valence-corrected chi connectivity index (χ0v) is 26.0. The van der Waals surface area contributed by atoms with Gasteiger partial charge in [0.1, 0.15) is 0 Å². The average Bonchev–Trinajstić information content (AvgIpc) is 3.42. The molecule has 0 aromatic carbocycles. The van der Waals surface area contributed by atoms with Crippen LogP contribution in [0.25, 0.3) is 0 Å². The maximum absolute atomic E-state index is 14.2. The minimum Gasteiger partial charge on any atom is -0.425 e. The van der Waals surface area contributed by atoms with Crippen LogP contribution in [-0.4, -0.2) is 33.0 Å². The first-order valence-electron chi connectivity index (χ1n) is 15.9. The van der Waals surface area contributed by atoms with Gasteiger partial charge >= 0.3 is 0 Å². The van der Waals surface area contributed by atoms with Gasteiger partial charge in [0.05, 0.1) is 17.9 Å². The number of hydrogen-bond acceptors (Lipinski definition) is 6. The molecular formula is C34H50N2O4. The number of fused-ring (bicyclic) bond motifs is 7. The third-order valence-corrected chi connectivity index (χ3v) is 13.8. The molecule has 6 rings (SSSR count). The van der Waals surface area contributed by atoms with Crippen molar-refractivity contribution in [3.63, 3.8) is 0 Å². The minimum atomic E-state index is -0.732. The molecule has 1 N–H and O–H groups in total. The van der Waals surface area contributed by atoms with Gasteiger partial charge in [-0.1, -0.05) is 48.5 Å². The Morgan fingerprint density at radius 2 is 1.68 bits per heavy atom. The maximum Gasteiger partial charge on any atom is 0.223 e. The van der Waals surface area contributed by atoms with Gasteiger partial charge < -0.3 is 9.52 Å². The van der Waals surface area contributed by atoms with Crippen molar-refractivity contribution in [1.29, 1.82) is 0 Å². The number of ketones is 2. The molecule has 5 aliphatic rings. The van der Waals surface area contributed by atoms with Gasteiger partial charge in [0.25, 0.3) is 0 Å². The summed E-state index contributed by atoms with van der Waals surface area (Å²) in [6.07, 6.45) is 8.32. The number of carbonyl (C=O) groups excluding carboxylic acids is 2. The van der Waals surface area contributed by atoms with Gasteiger partial charge in [-0.25, -0.2) is 0 Å². The van der Waals surface area contributed by atoms with Crippen molar-refractivity contribution in [2.24, 2.45) is 50.7 Å². The molecule has 4 saturated carbocycles. The molecule has 0 bridgehead atoms. The predicted octanol–water partition coefficient (Wildman–Crippen LogP) is 6.83. The molecule has 0 radical (unpaired) electrons.